The third-order valence-corrected chi connectivity index (χ3v) is 2.47. The van der Waals surface area contributed by atoms with Gasteiger partial charge in [-0.15, -0.1) is 0 Å². The molecule has 2 heterocycles. The smallest absolute Gasteiger partial charge is 0.239 e. The largest absolute Gasteiger partial charge is 0.358 e. The van der Waals surface area contributed by atoms with Gasteiger partial charge >= 0.3 is 0 Å². The van der Waals surface area contributed by atoms with Gasteiger partial charge in [-0.3, -0.25) is 9.78 Å². The first-order valence-corrected chi connectivity index (χ1v) is 4.82. The van der Waals surface area contributed by atoms with E-state index in [0.717, 1.165) is 16.5 Å². The van der Waals surface area contributed by atoms with Crippen LogP contribution in [-0.2, 0) is 11.3 Å². The Labute approximate surface area is 87.9 Å². The SMILES string of the molecule is CNC(=O)Cn1cc(C)c2cnccc21. The van der Waals surface area contributed by atoms with Gasteiger partial charge in [0.25, 0.3) is 0 Å². The second-order valence-corrected chi connectivity index (χ2v) is 3.51. The van der Waals surface area contributed by atoms with Crippen molar-refractivity contribution in [1.82, 2.24) is 14.9 Å². The van der Waals surface area contributed by atoms with Crippen LogP contribution in [0.25, 0.3) is 10.9 Å². The Hall–Kier alpha value is -1.84. The number of aromatic nitrogens is 2. The minimum Gasteiger partial charge on any atom is -0.358 e. The van der Waals surface area contributed by atoms with Crippen molar-refractivity contribution in [3.05, 3.63) is 30.2 Å². The van der Waals surface area contributed by atoms with Crippen molar-refractivity contribution in [2.24, 2.45) is 0 Å². The van der Waals surface area contributed by atoms with Gasteiger partial charge in [-0.2, -0.15) is 0 Å². The maximum absolute atomic E-state index is 11.3. The maximum Gasteiger partial charge on any atom is 0.239 e. The van der Waals surface area contributed by atoms with Crippen LogP contribution in [0.2, 0.25) is 0 Å². The second-order valence-electron chi connectivity index (χ2n) is 3.51. The minimum atomic E-state index is 0.00344. The molecule has 78 valence electrons. The zero-order valence-electron chi connectivity index (χ0n) is 8.82. The van der Waals surface area contributed by atoms with E-state index in [2.05, 4.69) is 10.3 Å². The van der Waals surface area contributed by atoms with Crippen molar-refractivity contribution < 1.29 is 4.79 Å². The zero-order valence-corrected chi connectivity index (χ0v) is 8.82. The monoisotopic (exact) mass is 203 g/mol. The Morgan fingerprint density at radius 3 is 3.13 bits per heavy atom. The summed E-state index contributed by atoms with van der Waals surface area (Å²) in [5.41, 5.74) is 2.19. The summed E-state index contributed by atoms with van der Waals surface area (Å²) < 4.78 is 1.94. The van der Waals surface area contributed by atoms with Crippen LogP contribution in [0.4, 0.5) is 0 Å². The number of nitrogens with zero attached hydrogens (tertiary/aromatic N) is 2. The van der Waals surface area contributed by atoms with E-state index < -0.39 is 0 Å². The van der Waals surface area contributed by atoms with E-state index >= 15 is 0 Å². The lowest BCUT2D eigenvalue weighted by molar-refractivity contribution is -0.121. The van der Waals surface area contributed by atoms with Gasteiger partial charge < -0.3 is 9.88 Å². The molecule has 1 amide bonds. The maximum atomic E-state index is 11.3. The van der Waals surface area contributed by atoms with Crippen molar-refractivity contribution >= 4 is 16.8 Å². The van der Waals surface area contributed by atoms with Crippen molar-refractivity contribution in [3.63, 3.8) is 0 Å². The zero-order chi connectivity index (χ0) is 10.8. The third-order valence-electron chi connectivity index (χ3n) is 2.47. The van der Waals surface area contributed by atoms with Crippen LogP contribution in [0.1, 0.15) is 5.56 Å². The molecule has 0 saturated carbocycles. The highest BCUT2D eigenvalue weighted by atomic mass is 16.1. The average Bonchev–Trinajstić information content (AvgIpc) is 2.57. The molecule has 4 heteroatoms. The third kappa shape index (κ3) is 1.70. The Morgan fingerprint density at radius 1 is 1.60 bits per heavy atom. The molecular weight excluding hydrogens is 190 g/mol. The van der Waals surface area contributed by atoms with Gasteiger partial charge in [0.2, 0.25) is 5.91 Å². The van der Waals surface area contributed by atoms with E-state index in [0.29, 0.717) is 6.54 Å². The molecule has 2 aromatic heterocycles. The highest BCUT2D eigenvalue weighted by Crippen LogP contribution is 2.18. The Morgan fingerprint density at radius 2 is 2.40 bits per heavy atom. The summed E-state index contributed by atoms with van der Waals surface area (Å²) in [4.78, 5) is 15.4. The second kappa shape index (κ2) is 3.73. The quantitative estimate of drug-likeness (QED) is 0.794. The number of carbonyl (C=O) groups is 1. The Bertz CT molecular complexity index is 502. The first-order valence-electron chi connectivity index (χ1n) is 4.82. The molecule has 4 nitrogen and oxygen atoms in total. The van der Waals surface area contributed by atoms with Gasteiger partial charge in [0.05, 0.1) is 5.52 Å². The number of amides is 1. The molecule has 0 bridgehead atoms. The Balaban J connectivity index is 2.48. The molecular formula is C11H13N3O. The van der Waals surface area contributed by atoms with Crippen LogP contribution in [0.5, 0.6) is 0 Å². The lowest BCUT2D eigenvalue weighted by Crippen LogP contribution is -2.22. The highest BCUT2D eigenvalue weighted by Gasteiger charge is 2.07. The van der Waals surface area contributed by atoms with Gasteiger partial charge in [-0.05, 0) is 18.6 Å². The highest BCUT2D eigenvalue weighted by molar-refractivity contribution is 5.85. The lowest BCUT2D eigenvalue weighted by atomic mass is 10.2. The van der Waals surface area contributed by atoms with E-state index in [1.54, 1.807) is 13.2 Å². The van der Waals surface area contributed by atoms with Crippen LogP contribution < -0.4 is 5.32 Å². The predicted molar refractivity (Wildman–Crippen MR) is 58.5 cm³/mol. The fraction of sp³-hybridized carbons (Fsp3) is 0.273. The number of carbonyl (C=O) groups excluding carboxylic acids is 1. The fourth-order valence-electron chi connectivity index (χ4n) is 1.68. The molecule has 0 aliphatic carbocycles. The summed E-state index contributed by atoms with van der Waals surface area (Å²) >= 11 is 0. The lowest BCUT2D eigenvalue weighted by Gasteiger charge is -2.03. The van der Waals surface area contributed by atoms with Crippen LogP contribution in [0.15, 0.2) is 24.7 Å². The van der Waals surface area contributed by atoms with Crippen molar-refractivity contribution in [3.8, 4) is 0 Å². The fourth-order valence-corrected chi connectivity index (χ4v) is 1.68. The van der Waals surface area contributed by atoms with E-state index in [9.17, 15) is 4.79 Å². The number of hydrogen-bond donors (Lipinski definition) is 1. The number of fused-ring (bicyclic) bond motifs is 1. The predicted octanol–water partition coefficient (Wildman–Crippen LogP) is 1.09. The van der Waals surface area contributed by atoms with Gasteiger partial charge in [-0.1, -0.05) is 0 Å². The standard InChI is InChI=1S/C11H13N3O/c1-8-6-14(7-11(15)12-2)10-3-4-13-5-9(8)10/h3-6H,7H2,1-2H3,(H,12,15). The van der Waals surface area contributed by atoms with Crippen LogP contribution in [0.3, 0.4) is 0 Å². The van der Waals surface area contributed by atoms with Gasteiger partial charge in [0, 0.05) is 31.0 Å². The van der Waals surface area contributed by atoms with Gasteiger partial charge in [0.1, 0.15) is 6.54 Å². The Kier molecular flexibility index (Phi) is 2.41. The topological polar surface area (TPSA) is 46.9 Å². The molecule has 0 radical (unpaired) electrons. The molecule has 0 atom stereocenters. The molecule has 0 saturated heterocycles. The van der Waals surface area contributed by atoms with E-state index in [4.69, 9.17) is 0 Å². The summed E-state index contributed by atoms with van der Waals surface area (Å²) in [6.45, 7) is 2.37. The molecule has 2 aromatic rings. The summed E-state index contributed by atoms with van der Waals surface area (Å²) in [6, 6.07) is 1.92. The average molecular weight is 203 g/mol. The molecule has 0 aliphatic heterocycles. The molecule has 0 aliphatic rings. The first-order chi connectivity index (χ1) is 7.22. The van der Waals surface area contributed by atoms with Crippen molar-refractivity contribution in [2.45, 2.75) is 13.5 Å². The molecule has 0 spiro atoms. The minimum absolute atomic E-state index is 0.00344. The number of nitrogens with one attached hydrogen (secondary N) is 1. The van der Waals surface area contributed by atoms with Crippen molar-refractivity contribution in [2.75, 3.05) is 7.05 Å². The molecule has 2 rings (SSSR count). The number of pyridine rings is 1. The number of aryl methyl sites for hydroxylation is 1. The summed E-state index contributed by atoms with van der Waals surface area (Å²) in [7, 11) is 1.64. The van der Waals surface area contributed by atoms with Gasteiger partial charge in [0.15, 0.2) is 0 Å². The molecule has 15 heavy (non-hydrogen) atoms. The first kappa shape index (κ1) is 9.71. The number of likely N-dealkylation sites (N-methyl/N-ethyl adjacent to an activating group) is 1. The number of hydrogen-bond acceptors (Lipinski definition) is 2. The van der Waals surface area contributed by atoms with E-state index in [-0.39, 0.29) is 5.91 Å². The van der Waals surface area contributed by atoms with Crippen LogP contribution >= 0.6 is 0 Å². The van der Waals surface area contributed by atoms with Crippen LogP contribution in [0, 0.1) is 6.92 Å². The summed E-state index contributed by atoms with van der Waals surface area (Å²) in [6.07, 6.45) is 5.54. The molecule has 1 N–H and O–H groups in total. The molecule has 0 aromatic carbocycles. The number of rotatable bonds is 2. The summed E-state index contributed by atoms with van der Waals surface area (Å²) in [5.74, 6) is 0.00344. The van der Waals surface area contributed by atoms with Crippen molar-refractivity contribution in [1.29, 1.82) is 0 Å². The van der Waals surface area contributed by atoms with E-state index in [1.165, 1.54) is 0 Å². The van der Waals surface area contributed by atoms with Gasteiger partial charge in [-0.25, -0.2) is 0 Å². The van der Waals surface area contributed by atoms with E-state index in [1.807, 2.05) is 30.0 Å². The molecule has 0 fully saturated rings. The summed E-state index contributed by atoms with van der Waals surface area (Å²) in [5, 5.41) is 3.71. The normalized spacial score (nSPS) is 10.5. The molecule has 0 unspecified atom stereocenters. The van der Waals surface area contributed by atoms with Crippen LogP contribution in [-0.4, -0.2) is 22.5 Å².